The molecular formula is C6H11F3N2O. The van der Waals surface area contributed by atoms with Crippen molar-refractivity contribution in [2.75, 3.05) is 6.54 Å². The van der Waals surface area contributed by atoms with Crippen LogP contribution in [0.1, 0.15) is 13.8 Å². The Morgan fingerprint density at radius 2 is 1.92 bits per heavy atom. The quantitative estimate of drug-likeness (QED) is 0.652. The SMILES string of the molecule is CCNC(=O)[C@@](C)(N)C(F)(F)F. The van der Waals surface area contributed by atoms with Gasteiger partial charge in [-0.2, -0.15) is 13.2 Å². The second-order valence-corrected chi connectivity index (χ2v) is 2.56. The van der Waals surface area contributed by atoms with Crippen LogP contribution < -0.4 is 11.1 Å². The summed E-state index contributed by atoms with van der Waals surface area (Å²) in [6.07, 6.45) is -4.72. The van der Waals surface area contributed by atoms with Gasteiger partial charge in [-0.05, 0) is 13.8 Å². The minimum Gasteiger partial charge on any atom is -0.354 e. The molecule has 1 atom stereocenters. The van der Waals surface area contributed by atoms with Gasteiger partial charge < -0.3 is 11.1 Å². The Morgan fingerprint density at radius 1 is 1.50 bits per heavy atom. The molecule has 0 bridgehead atoms. The molecule has 0 aromatic rings. The Hall–Kier alpha value is -0.780. The molecule has 0 saturated heterocycles. The number of rotatable bonds is 2. The minimum atomic E-state index is -4.72. The monoisotopic (exact) mass is 184 g/mol. The van der Waals surface area contributed by atoms with E-state index in [9.17, 15) is 18.0 Å². The number of amides is 1. The Bertz CT molecular complexity index is 176. The number of likely N-dealkylation sites (N-methyl/N-ethyl adjacent to an activating group) is 1. The highest BCUT2D eigenvalue weighted by Crippen LogP contribution is 2.27. The highest BCUT2D eigenvalue weighted by atomic mass is 19.4. The Kier molecular flexibility index (Phi) is 3.09. The summed E-state index contributed by atoms with van der Waals surface area (Å²) in [7, 11) is 0. The average Bonchev–Trinajstić information content (AvgIpc) is 1.85. The number of nitrogens with one attached hydrogen (secondary N) is 1. The largest absolute Gasteiger partial charge is 0.415 e. The van der Waals surface area contributed by atoms with Gasteiger partial charge in [0, 0.05) is 6.54 Å². The van der Waals surface area contributed by atoms with Crippen LogP contribution in [0.3, 0.4) is 0 Å². The predicted octanol–water partition coefficient (Wildman–Crippen LogP) is 0.402. The Morgan fingerprint density at radius 3 is 2.17 bits per heavy atom. The first-order valence-electron chi connectivity index (χ1n) is 3.37. The van der Waals surface area contributed by atoms with E-state index < -0.39 is 17.6 Å². The molecule has 12 heavy (non-hydrogen) atoms. The zero-order valence-electron chi connectivity index (χ0n) is 6.83. The van der Waals surface area contributed by atoms with Crippen molar-refractivity contribution in [3.63, 3.8) is 0 Å². The van der Waals surface area contributed by atoms with E-state index in [1.165, 1.54) is 6.92 Å². The number of hydrogen-bond donors (Lipinski definition) is 2. The molecule has 0 rings (SSSR count). The van der Waals surface area contributed by atoms with Crippen molar-refractivity contribution in [3.8, 4) is 0 Å². The van der Waals surface area contributed by atoms with Crippen LogP contribution >= 0.6 is 0 Å². The summed E-state index contributed by atoms with van der Waals surface area (Å²) in [5, 5.41) is 2.01. The van der Waals surface area contributed by atoms with Gasteiger partial charge in [0.2, 0.25) is 5.91 Å². The van der Waals surface area contributed by atoms with E-state index in [0.29, 0.717) is 6.92 Å². The topological polar surface area (TPSA) is 55.1 Å². The molecule has 6 heteroatoms. The van der Waals surface area contributed by atoms with Gasteiger partial charge >= 0.3 is 6.18 Å². The normalized spacial score (nSPS) is 16.8. The maximum atomic E-state index is 12.0. The van der Waals surface area contributed by atoms with Crippen LogP contribution in [0.5, 0.6) is 0 Å². The summed E-state index contributed by atoms with van der Waals surface area (Å²) in [5.41, 5.74) is 1.98. The van der Waals surface area contributed by atoms with Gasteiger partial charge in [-0.15, -0.1) is 0 Å². The lowest BCUT2D eigenvalue weighted by molar-refractivity contribution is -0.187. The van der Waals surface area contributed by atoms with Gasteiger partial charge in [0.25, 0.3) is 0 Å². The third-order valence-corrected chi connectivity index (χ3v) is 1.40. The molecule has 0 fully saturated rings. The van der Waals surface area contributed by atoms with Crippen LogP contribution in [0.2, 0.25) is 0 Å². The second-order valence-electron chi connectivity index (χ2n) is 2.56. The molecular weight excluding hydrogens is 173 g/mol. The smallest absolute Gasteiger partial charge is 0.354 e. The van der Waals surface area contributed by atoms with Crippen LogP contribution in [-0.4, -0.2) is 24.2 Å². The molecule has 0 aliphatic rings. The summed E-state index contributed by atoms with van der Waals surface area (Å²) < 4.78 is 36.1. The lowest BCUT2D eigenvalue weighted by atomic mass is 10.0. The zero-order chi connectivity index (χ0) is 9.99. The van der Waals surface area contributed by atoms with Crippen molar-refractivity contribution in [1.82, 2.24) is 5.32 Å². The van der Waals surface area contributed by atoms with E-state index in [4.69, 9.17) is 5.73 Å². The van der Waals surface area contributed by atoms with E-state index in [0.717, 1.165) is 0 Å². The third-order valence-electron chi connectivity index (χ3n) is 1.40. The van der Waals surface area contributed by atoms with E-state index in [1.54, 1.807) is 0 Å². The van der Waals surface area contributed by atoms with E-state index in [2.05, 4.69) is 0 Å². The van der Waals surface area contributed by atoms with Gasteiger partial charge in [-0.1, -0.05) is 0 Å². The first-order valence-corrected chi connectivity index (χ1v) is 3.37. The number of halogens is 3. The molecule has 0 spiro atoms. The Balaban J connectivity index is 4.50. The maximum absolute atomic E-state index is 12.0. The van der Waals surface area contributed by atoms with Gasteiger partial charge in [-0.25, -0.2) is 0 Å². The molecule has 3 nitrogen and oxygen atoms in total. The fourth-order valence-corrected chi connectivity index (χ4v) is 0.473. The van der Waals surface area contributed by atoms with E-state index in [1.807, 2.05) is 5.32 Å². The van der Waals surface area contributed by atoms with Crippen LogP contribution in [-0.2, 0) is 4.79 Å². The predicted molar refractivity (Wildman–Crippen MR) is 37.3 cm³/mol. The number of nitrogens with two attached hydrogens (primary N) is 1. The lowest BCUT2D eigenvalue weighted by Crippen LogP contribution is -2.61. The zero-order valence-corrected chi connectivity index (χ0v) is 6.83. The minimum absolute atomic E-state index is 0.127. The molecule has 1 amide bonds. The van der Waals surface area contributed by atoms with Crippen molar-refractivity contribution >= 4 is 5.91 Å². The average molecular weight is 184 g/mol. The molecule has 3 N–H and O–H groups in total. The highest BCUT2D eigenvalue weighted by Gasteiger charge is 2.53. The lowest BCUT2D eigenvalue weighted by Gasteiger charge is -2.25. The second kappa shape index (κ2) is 3.30. The molecule has 0 aliphatic heterocycles. The first-order chi connectivity index (χ1) is 5.23. The van der Waals surface area contributed by atoms with Crippen molar-refractivity contribution in [3.05, 3.63) is 0 Å². The van der Waals surface area contributed by atoms with Crippen molar-refractivity contribution in [1.29, 1.82) is 0 Å². The van der Waals surface area contributed by atoms with Crippen molar-refractivity contribution in [2.24, 2.45) is 5.73 Å². The Labute approximate surface area is 68.1 Å². The molecule has 0 radical (unpaired) electrons. The standard InChI is InChI=1S/C6H11F3N2O/c1-3-11-4(12)5(2,10)6(7,8)9/h3,10H2,1-2H3,(H,11,12)/t5-/m1/s1. The summed E-state index contributed by atoms with van der Waals surface area (Å²) in [5.74, 6) is -1.21. The van der Waals surface area contributed by atoms with Gasteiger partial charge in [0.15, 0.2) is 5.54 Å². The fraction of sp³-hybridized carbons (Fsp3) is 0.833. The van der Waals surface area contributed by atoms with Crippen LogP contribution in [0, 0.1) is 0 Å². The van der Waals surface area contributed by atoms with Crippen LogP contribution in [0.25, 0.3) is 0 Å². The number of hydrogen-bond acceptors (Lipinski definition) is 2. The summed E-state index contributed by atoms with van der Waals surface area (Å²) in [6.45, 7) is 2.28. The first kappa shape index (κ1) is 11.2. The van der Waals surface area contributed by atoms with Crippen LogP contribution in [0.4, 0.5) is 13.2 Å². The molecule has 0 saturated carbocycles. The highest BCUT2D eigenvalue weighted by molar-refractivity contribution is 5.86. The molecule has 0 aliphatic carbocycles. The summed E-state index contributed by atoms with van der Waals surface area (Å²) in [6, 6.07) is 0. The summed E-state index contributed by atoms with van der Waals surface area (Å²) in [4.78, 5) is 10.8. The van der Waals surface area contributed by atoms with E-state index >= 15 is 0 Å². The van der Waals surface area contributed by atoms with Gasteiger partial charge in [-0.3, -0.25) is 4.79 Å². The van der Waals surface area contributed by atoms with Gasteiger partial charge in [0.1, 0.15) is 0 Å². The number of carbonyl (C=O) groups excluding carboxylic acids is 1. The van der Waals surface area contributed by atoms with Crippen molar-refractivity contribution in [2.45, 2.75) is 25.6 Å². The molecule has 0 aromatic carbocycles. The maximum Gasteiger partial charge on any atom is 0.415 e. The molecule has 0 unspecified atom stereocenters. The fourth-order valence-electron chi connectivity index (χ4n) is 0.473. The van der Waals surface area contributed by atoms with Gasteiger partial charge in [0.05, 0.1) is 0 Å². The van der Waals surface area contributed by atoms with Crippen LogP contribution in [0.15, 0.2) is 0 Å². The molecule has 0 aromatic heterocycles. The summed E-state index contributed by atoms with van der Waals surface area (Å²) >= 11 is 0. The van der Waals surface area contributed by atoms with E-state index in [-0.39, 0.29) is 6.54 Å². The number of carbonyl (C=O) groups is 1. The molecule has 72 valence electrons. The number of alkyl halides is 3. The van der Waals surface area contributed by atoms with Crippen molar-refractivity contribution < 1.29 is 18.0 Å². The molecule has 0 heterocycles. The third kappa shape index (κ3) is 2.10.